The number of hydrogen-bond donors (Lipinski definition) is 1. The van der Waals surface area contributed by atoms with Gasteiger partial charge in [0.15, 0.2) is 0 Å². The van der Waals surface area contributed by atoms with Gasteiger partial charge in [-0.3, -0.25) is 10.1 Å². The number of rotatable bonds is 4. The molecule has 0 unspecified atom stereocenters. The fourth-order valence-corrected chi connectivity index (χ4v) is 2.26. The molecule has 2 aromatic carbocycles. The molecule has 0 saturated heterocycles. The lowest BCUT2D eigenvalue weighted by Gasteiger charge is -2.09. The van der Waals surface area contributed by atoms with Gasteiger partial charge in [-0.25, -0.2) is 0 Å². The van der Waals surface area contributed by atoms with Crippen LogP contribution < -0.4 is 10.5 Å². The third-order valence-electron chi connectivity index (χ3n) is 2.57. The lowest BCUT2D eigenvalue weighted by molar-refractivity contribution is -0.385. The molecule has 104 valence electrons. The van der Waals surface area contributed by atoms with Crippen molar-refractivity contribution in [3.63, 3.8) is 0 Å². The fraction of sp³-hybridized carbons (Fsp3) is 0.0769. The zero-order valence-corrected chi connectivity index (χ0v) is 12.5. The van der Waals surface area contributed by atoms with E-state index in [1.54, 1.807) is 18.2 Å². The van der Waals surface area contributed by atoms with Crippen LogP contribution in [0.3, 0.4) is 0 Å². The lowest BCUT2D eigenvalue weighted by atomic mass is 10.2. The zero-order chi connectivity index (χ0) is 14.7. The van der Waals surface area contributed by atoms with Gasteiger partial charge in [-0.1, -0.05) is 17.7 Å². The summed E-state index contributed by atoms with van der Waals surface area (Å²) in [5.41, 5.74) is 6.31. The van der Waals surface area contributed by atoms with Crippen molar-refractivity contribution in [3.05, 3.63) is 61.6 Å². The number of benzene rings is 2. The highest BCUT2D eigenvalue weighted by molar-refractivity contribution is 9.10. The maximum atomic E-state index is 11.0. The highest BCUT2D eigenvalue weighted by Gasteiger charge is 2.17. The normalized spacial score (nSPS) is 10.3. The van der Waals surface area contributed by atoms with Crippen molar-refractivity contribution < 1.29 is 9.66 Å². The van der Waals surface area contributed by atoms with Gasteiger partial charge in [-0.2, -0.15) is 0 Å². The van der Waals surface area contributed by atoms with E-state index in [0.29, 0.717) is 21.8 Å². The second kappa shape index (κ2) is 6.21. The smallest absolute Gasteiger partial charge is 0.311 e. The van der Waals surface area contributed by atoms with Crippen LogP contribution >= 0.6 is 27.5 Å². The van der Waals surface area contributed by atoms with Gasteiger partial charge >= 0.3 is 5.69 Å². The maximum Gasteiger partial charge on any atom is 0.311 e. The Bertz CT molecular complexity index is 664. The van der Waals surface area contributed by atoms with Gasteiger partial charge in [0.25, 0.3) is 0 Å². The highest BCUT2D eigenvalue weighted by atomic mass is 79.9. The van der Waals surface area contributed by atoms with Crippen molar-refractivity contribution in [2.75, 3.05) is 0 Å². The lowest BCUT2D eigenvalue weighted by Crippen LogP contribution is -1.97. The van der Waals surface area contributed by atoms with Gasteiger partial charge in [0, 0.05) is 23.7 Å². The average Bonchev–Trinajstić information content (AvgIpc) is 2.40. The van der Waals surface area contributed by atoms with Crippen LogP contribution in [-0.2, 0) is 6.54 Å². The predicted octanol–water partition coefficient (Wildman–Crippen LogP) is 4.26. The largest absolute Gasteiger partial charge is 0.449 e. The molecule has 2 aromatic rings. The molecule has 0 atom stereocenters. The molecule has 2 N–H and O–H groups in total. The molecule has 0 amide bonds. The van der Waals surface area contributed by atoms with Crippen LogP contribution in [0, 0.1) is 10.1 Å². The van der Waals surface area contributed by atoms with E-state index < -0.39 is 4.92 Å². The van der Waals surface area contributed by atoms with Gasteiger partial charge in [0.05, 0.1) is 9.40 Å². The number of nitrogens with zero attached hydrogens (tertiary/aromatic N) is 1. The van der Waals surface area contributed by atoms with E-state index in [1.807, 2.05) is 0 Å². The molecule has 0 spiro atoms. The Balaban J connectivity index is 2.39. The molecule has 0 aliphatic rings. The minimum Gasteiger partial charge on any atom is -0.449 e. The predicted molar refractivity (Wildman–Crippen MR) is 80.2 cm³/mol. The molecule has 20 heavy (non-hydrogen) atoms. The Hall–Kier alpha value is -1.63. The standard InChI is InChI=1S/C13H10BrClN2O3/c14-10-5-8(7-16)1-4-12(10)20-13-6-9(15)2-3-11(13)17(18)19/h1-6H,7,16H2. The summed E-state index contributed by atoms with van der Waals surface area (Å²) in [6.45, 7) is 0.399. The van der Waals surface area contributed by atoms with Crippen LogP contribution in [0.15, 0.2) is 40.9 Å². The van der Waals surface area contributed by atoms with Crippen molar-refractivity contribution in [2.24, 2.45) is 5.73 Å². The molecule has 2 rings (SSSR count). The van der Waals surface area contributed by atoms with Crippen LogP contribution in [0.5, 0.6) is 11.5 Å². The number of nitrogens with two attached hydrogens (primary N) is 1. The molecule has 0 fully saturated rings. The summed E-state index contributed by atoms with van der Waals surface area (Å²) in [5, 5.41) is 11.3. The van der Waals surface area contributed by atoms with Crippen LogP contribution in [0.1, 0.15) is 5.56 Å². The van der Waals surface area contributed by atoms with E-state index in [4.69, 9.17) is 22.1 Å². The van der Waals surface area contributed by atoms with Gasteiger partial charge in [-0.15, -0.1) is 0 Å². The zero-order valence-electron chi connectivity index (χ0n) is 10.2. The molecule has 5 nitrogen and oxygen atoms in total. The Morgan fingerprint density at radius 3 is 2.60 bits per heavy atom. The highest BCUT2D eigenvalue weighted by Crippen LogP contribution is 2.36. The number of nitro groups is 1. The van der Waals surface area contributed by atoms with Crippen LogP contribution in [0.25, 0.3) is 0 Å². The SMILES string of the molecule is NCc1ccc(Oc2cc(Cl)ccc2[N+](=O)[O-])c(Br)c1. The second-order valence-electron chi connectivity index (χ2n) is 3.94. The Morgan fingerprint density at radius 2 is 2.00 bits per heavy atom. The molecule has 0 saturated carbocycles. The first-order chi connectivity index (χ1) is 9.51. The number of nitro benzene ring substituents is 1. The summed E-state index contributed by atoms with van der Waals surface area (Å²) < 4.78 is 6.23. The van der Waals surface area contributed by atoms with Gasteiger partial charge < -0.3 is 10.5 Å². The molecule has 0 bridgehead atoms. The van der Waals surface area contributed by atoms with Crippen molar-refractivity contribution >= 4 is 33.2 Å². The summed E-state index contributed by atoms with van der Waals surface area (Å²) in [5.74, 6) is 0.538. The monoisotopic (exact) mass is 356 g/mol. The van der Waals surface area contributed by atoms with E-state index in [9.17, 15) is 10.1 Å². The molecule has 7 heteroatoms. The summed E-state index contributed by atoms with van der Waals surface area (Å²) in [4.78, 5) is 10.4. The van der Waals surface area contributed by atoms with Gasteiger partial charge in [0.1, 0.15) is 5.75 Å². The fourth-order valence-electron chi connectivity index (χ4n) is 1.59. The Labute approximate surface area is 128 Å². The molecule has 0 aliphatic carbocycles. The summed E-state index contributed by atoms with van der Waals surface area (Å²) >= 11 is 9.19. The van der Waals surface area contributed by atoms with E-state index in [0.717, 1.165) is 5.56 Å². The van der Waals surface area contributed by atoms with Crippen molar-refractivity contribution in [2.45, 2.75) is 6.54 Å². The molecular formula is C13H10BrClN2O3. The van der Waals surface area contributed by atoms with Crippen LogP contribution in [-0.4, -0.2) is 4.92 Å². The van der Waals surface area contributed by atoms with Crippen molar-refractivity contribution in [3.8, 4) is 11.5 Å². The molecule has 0 radical (unpaired) electrons. The maximum absolute atomic E-state index is 11.0. The van der Waals surface area contributed by atoms with E-state index in [1.165, 1.54) is 18.2 Å². The second-order valence-corrected chi connectivity index (χ2v) is 5.23. The number of hydrogen-bond acceptors (Lipinski definition) is 4. The summed E-state index contributed by atoms with van der Waals surface area (Å²) in [7, 11) is 0. The Kier molecular flexibility index (Phi) is 4.59. The first-order valence-corrected chi connectivity index (χ1v) is 6.78. The van der Waals surface area contributed by atoms with Crippen molar-refractivity contribution in [1.29, 1.82) is 0 Å². The molecule has 0 aliphatic heterocycles. The van der Waals surface area contributed by atoms with E-state index in [-0.39, 0.29) is 11.4 Å². The minimum absolute atomic E-state index is 0.0868. The number of halogens is 2. The van der Waals surface area contributed by atoms with Crippen molar-refractivity contribution in [1.82, 2.24) is 0 Å². The van der Waals surface area contributed by atoms with E-state index >= 15 is 0 Å². The molecule has 0 heterocycles. The first kappa shape index (κ1) is 14.8. The third-order valence-corrected chi connectivity index (χ3v) is 3.43. The summed E-state index contributed by atoms with van der Waals surface area (Å²) in [6.07, 6.45) is 0. The van der Waals surface area contributed by atoms with Gasteiger partial charge in [0.2, 0.25) is 5.75 Å². The van der Waals surface area contributed by atoms with Crippen LogP contribution in [0.4, 0.5) is 5.69 Å². The summed E-state index contributed by atoms with van der Waals surface area (Å²) in [6, 6.07) is 9.43. The minimum atomic E-state index is -0.520. The Morgan fingerprint density at radius 1 is 1.25 bits per heavy atom. The quantitative estimate of drug-likeness (QED) is 0.655. The topological polar surface area (TPSA) is 78.4 Å². The first-order valence-electron chi connectivity index (χ1n) is 5.61. The van der Waals surface area contributed by atoms with Crippen LogP contribution in [0.2, 0.25) is 5.02 Å². The van der Waals surface area contributed by atoms with Gasteiger partial charge in [-0.05, 0) is 39.7 Å². The molecule has 0 aromatic heterocycles. The average molecular weight is 358 g/mol. The number of ether oxygens (including phenoxy) is 1. The third kappa shape index (κ3) is 3.27. The van der Waals surface area contributed by atoms with E-state index in [2.05, 4.69) is 15.9 Å². The molecular weight excluding hydrogens is 348 g/mol.